The number of nitrogens with one attached hydrogen (secondary N) is 1. The second-order valence-electron chi connectivity index (χ2n) is 7.44. The first-order valence-electron chi connectivity index (χ1n) is 9.77. The Bertz CT molecular complexity index is 1160. The number of aromatic nitrogens is 3. The average Bonchev–Trinajstić information content (AvgIpc) is 3.36. The summed E-state index contributed by atoms with van der Waals surface area (Å²) in [6.45, 7) is 0.489. The van der Waals surface area contributed by atoms with Gasteiger partial charge in [0, 0.05) is 67.9 Å². The number of anilines is 1. The molecule has 0 bridgehead atoms. The van der Waals surface area contributed by atoms with E-state index in [0.29, 0.717) is 24.6 Å². The maximum Gasteiger partial charge on any atom is 0.415 e. The van der Waals surface area contributed by atoms with Gasteiger partial charge in [-0.25, -0.2) is 18.6 Å². The SMILES string of the molecule is Cn1cc(-c2cnc(N)c(C(=O)N[C@@H]3CCN(C(=O)Oc4cc(F)cc(F)c4)C3)c2)cn1. The molecule has 9 nitrogen and oxygen atoms in total. The number of carbonyl (C=O) groups excluding carboxylic acids is 2. The number of likely N-dealkylation sites (tertiary alicyclic amines) is 1. The van der Waals surface area contributed by atoms with Crippen molar-refractivity contribution < 1.29 is 23.1 Å². The maximum atomic E-state index is 13.3. The van der Waals surface area contributed by atoms with Gasteiger partial charge in [-0.1, -0.05) is 0 Å². The molecule has 1 saturated heterocycles. The number of nitrogens with two attached hydrogens (primary N) is 1. The summed E-state index contributed by atoms with van der Waals surface area (Å²) in [6, 6.07) is 3.81. The standard InChI is InChI=1S/C21H20F2N6O3/c1-28-10-13(9-26-28)12-4-18(19(24)25-8-12)20(30)27-16-2-3-29(11-16)21(31)32-17-6-14(22)5-15(23)7-17/h4-10,16H,2-3,11H2,1H3,(H2,24,25)(H,27,30)/t16-/m1/s1. The zero-order valence-corrected chi connectivity index (χ0v) is 17.1. The molecule has 11 heteroatoms. The first kappa shape index (κ1) is 21.2. The van der Waals surface area contributed by atoms with Gasteiger partial charge in [-0.2, -0.15) is 5.10 Å². The number of aryl methyl sites for hydroxylation is 1. The molecule has 166 valence electrons. The normalized spacial score (nSPS) is 15.6. The van der Waals surface area contributed by atoms with Gasteiger partial charge in [-0.3, -0.25) is 9.48 Å². The van der Waals surface area contributed by atoms with Gasteiger partial charge >= 0.3 is 6.09 Å². The van der Waals surface area contributed by atoms with Crippen molar-refractivity contribution in [3.05, 3.63) is 60.1 Å². The highest BCUT2D eigenvalue weighted by Gasteiger charge is 2.29. The largest absolute Gasteiger partial charge is 0.415 e. The summed E-state index contributed by atoms with van der Waals surface area (Å²) in [5.74, 6) is -2.27. The van der Waals surface area contributed by atoms with Gasteiger partial charge < -0.3 is 20.7 Å². The molecule has 0 unspecified atom stereocenters. The molecule has 4 rings (SSSR count). The number of nitrogen functional groups attached to an aromatic ring is 1. The van der Waals surface area contributed by atoms with Gasteiger partial charge in [0.15, 0.2) is 0 Å². The number of hydrogen-bond donors (Lipinski definition) is 2. The van der Waals surface area contributed by atoms with Crippen LogP contribution in [0.1, 0.15) is 16.8 Å². The number of nitrogens with zero attached hydrogens (tertiary/aromatic N) is 4. The molecule has 2 amide bonds. The number of amides is 2. The first-order chi connectivity index (χ1) is 15.3. The van der Waals surface area contributed by atoms with Crippen molar-refractivity contribution >= 4 is 17.8 Å². The lowest BCUT2D eigenvalue weighted by molar-refractivity contribution is 0.0937. The van der Waals surface area contributed by atoms with Gasteiger partial charge in [0.25, 0.3) is 5.91 Å². The van der Waals surface area contributed by atoms with Crippen LogP contribution in [-0.4, -0.2) is 50.8 Å². The molecule has 2 aromatic heterocycles. The molecule has 3 aromatic rings. The van der Waals surface area contributed by atoms with E-state index in [4.69, 9.17) is 10.5 Å². The lowest BCUT2D eigenvalue weighted by Gasteiger charge is -2.17. The Morgan fingerprint density at radius 3 is 2.59 bits per heavy atom. The molecule has 0 spiro atoms. The predicted octanol–water partition coefficient (Wildman–Crippen LogP) is 2.35. The second-order valence-corrected chi connectivity index (χ2v) is 7.44. The molecule has 1 aliphatic heterocycles. The van der Waals surface area contributed by atoms with Gasteiger partial charge in [-0.15, -0.1) is 0 Å². The van der Waals surface area contributed by atoms with E-state index in [0.717, 1.165) is 17.7 Å². The van der Waals surface area contributed by atoms with Crippen LogP contribution in [0.3, 0.4) is 0 Å². The van der Waals surface area contributed by atoms with Crippen molar-refractivity contribution in [3.8, 4) is 16.9 Å². The molecule has 0 saturated carbocycles. The van der Waals surface area contributed by atoms with E-state index < -0.39 is 23.6 Å². The minimum atomic E-state index is -0.848. The average molecular weight is 442 g/mol. The minimum Gasteiger partial charge on any atom is -0.410 e. The van der Waals surface area contributed by atoms with Crippen molar-refractivity contribution in [2.75, 3.05) is 18.8 Å². The Hall–Kier alpha value is -4.02. The maximum absolute atomic E-state index is 13.3. The van der Waals surface area contributed by atoms with E-state index in [-0.39, 0.29) is 29.7 Å². The number of carbonyl (C=O) groups is 2. The molecule has 0 aliphatic carbocycles. The molecule has 1 atom stereocenters. The molecule has 1 fully saturated rings. The van der Waals surface area contributed by atoms with Crippen molar-refractivity contribution in [1.82, 2.24) is 25.0 Å². The number of halogens is 2. The molecule has 3 N–H and O–H groups in total. The van der Waals surface area contributed by atoms with Gasteiger partial charge in [0.05, 0.1) is 11.8 Å². The molecule has 3 heterocycles. The van der Waals surface area contributed by atoms with Crippen molar-refractivity contribution in [2.45, 2.75) is 12.5 Å². The van der Waals surface area contributed by atoms with Crippen LogP contribution >= 0.6 is 0 Å². The Morgan fingerprint density at radius 1 is 1.16 bits per heavy atom. The van der Waals surface area contributed by atoms with Crippen molar-refractivity contribution in [3.63, 3.8) is 0 Å². The first-order valence-corrected chi connectivity index (χ1v) is 9.77. The van der Waals surface area contributed by atoms with Crippen LogP contribution in [0.5, 0.6) is 5.75 Å². The highest BCUT2D eigenvalue weighted by molar-refractivity contribution is 5.99. The van der Waals surface area contributed by atoms with Crippen LogP contribution in [0.15, 0.2) is 42.9 Å². The summed E-state index contributed by atoms with van der Waals surface area (Å²) >= 11 is 0. The Morgan fingerprint density at radius 2 is 1.91 bits per heavy atom. The smallest absolute Gasteiger partial charge is 0.410 e. The highest BCUT2D eigenvalue weighted by Crippen LogP contribution is 2.22. The van der Waals surface area contributed by atoms with Crippen molar-refractivity contribution in [2.24, 2.45) is 7.05 Å². The van der Waals surface area contributed by atoms with Crippen molar-refractivity contribution in [1.29, 1.82) is 0 Å². The van der Waals surface area contributed by atoms with Gasteiger partial charge in [0.2, 0.25) is 0 Å². The number of benzene rings is 1. The van der Waals surface area contributed by atoms with E-state index in [1.54, 1.807) is 36.4 Å². The quantitative estimate of drug-likeness (QED) is 0.641. The summed E-state index contributed by atoms with van der Waals surface area (Å²) in [5, 5.41) is 6.94. The number of rotatable bonds is 4. The van der Waals surface area contributed by atoms with Crippen LogP contribution in [0.4, 0.5) is 19.4 Å². The van der Waals surface area contributed by atoms with Gasteiger partial charge in [-0.05, 0) is 12.5 Å². The summed E-state index contributed by atoms with van der Waals surface area (Å²) in [5.41, 5.74) is 7.59. The zero-order chi connectivity index (χ0) is 22.8. The van der Waals surface area contributed by atoms with Crippen LogP contribution in [0, 0.1) is 11.6 Å². The predicted molar refractivity (Wildman–Crippen MR) is 111 cm³/mol. The number of ether oxygens (including phenoxy) is 1. The van der Waals surface area contributed by atoms with Crippen LogP contribution < -0.4 is 15.8 Å². The van der Waals surface area contributed by atoms with E-state index in [1.807, 2.05) is 0 Å². The Balaban J connectivity index is 1.39. The van der Waals surface area contributed by atoms with Gasteiger partial charge in [0.1, 0.15) is 23.2 Å². The summed E-state index contributed by atoms with van der Waals surface area (Å²) in [7, 11) is 1.78. The summed E-state index contributed by atoms with van der Waals surface area (Å²) < 4.78 is 33.2. The molecular formula is C21H20F2N6O3. The Kier molecular flexibility index (Phi) is 5.71. The monoisotopic (exact) mass is 442 g/mol. The fourth-order valence-corrected chi connectivity index (χ4v) is 3.45. The third kappa shape index (κ3) is 4.66. The number of hydrogen-bond acceptors (Lipinski definition) is 6. The van der Waals surface area contributed by atoms with E-state index in [1.165, 1.54) is 4.90 Å². The lowest BCUT2D eigenvalue weighted by atomic mass is 10.1. The minimum absolute atomic E-state index is 0.0810. The molecule has 0 radical (unpaired) electrons. The third-order valence-electron chi connectivity index (χ3n) is 5.02. The Labute approximate surface area is 181 Å². The molecular weight excluding hydrogens is 422 g/mol. The third-order valence-corrected chi connectivity index (χ3v) is 5.02. The lowest BCUT2D eigenvalue weighted by Crippen LogP contribution is -2.39. The summed E-state index contributed by atoms with van der Waals surface area (Å²) in [6.07, 6.45) is 4.73. The summed E-state index contributed by atoms with van der Waals surface area (Å²) in [4.78, 5) is 30.5. The number of pyridine rings is 1. The van der Waals surface area contributed by atoms with E-state index >= 15 is 0 Å². The molecule has 1 aliphatic rings. The fourth-order valence-electron chi connectivity index (χ4n) is 3.45. The van der Waals surface area contributed by atoms with Crippen LogP contribution in [0.25, 0.3) is 11.1 Å². The van der Waals surface area contributed by atoms with E-state index in [2.05, 4.69) is 15.4 Å². The highest BCUT2D eigenvalue weighted by atomic mass is 19.1. The topological polar surface area (TPSA) is 115 Å². The fraction of sp³-hybridized carbons (Fsp3) is 0.238. The zero-order valence-electron chi connectivity index (χ0n) is 17.1. The van der Waals surface area contributed by atoms with Crippen LogP contribution in [-0.2, 0) is 7.05 Å². The molecule has 32 heavy (non-hydrogen) atoms. The molecule has 1 aromatic carbocycles. The second kappa shape index (κ2) is 8.61. The van der Waals surface area contributed by atoms with E-state index in [9.17, 15) is 18.4 Å². The van der Waals surface area contributed by atoms with Crippen LogP contribution in [0.2, 0.25) is 0 Å².